The van der Waals surface area contributed by atoms with E-state index in [1.165, 1.54) is 18.3 Å². The van der Waals surface area contributed by atoms with E-state index in [0.29, 0.717) is 31.5 Å². The predicted octanol–water partition coefficient (Wildman–Crippen LogP) is 3.29. The van der Waals surface area contributed by atoms with Crippen LogP contribution in [0.5, 0.6) is 0 Å². The van der Waals surface area contributed by atoms with E-state index in [9.17, 15) is 19.1 Å². The summed E-state index contributed by atoms with van der Waals surface area (Å²) in [6, 6.07) is 2.47. The first kappa shape index (κ1) is 21.7. The van der Waals surface area contributed by atoms with E-state index in [0.717, 1.165) is 38.5 Å². The number of hydrogen-bond donors (Lipinski definition) is 1. The van der Waals surface area contributed by atoms with Crippen LogP contribution in [0, 0.1) is 5.95 Å². The molecule has 2 fully saturated rings. The van der Waals surface area contributed by atoms with Crippen molar-refractivity contribution in [3.05, 3.63) is 42.0 Å². The number of carbonyl (C=O) groups excluding carboxylic acids is 2. The Bertz CT molecular complexity index is 817. The summed E-state index contributed by atoms with van der Waals surface area (Å²) in [5.41, 5.74) is -0.421. The minimum absolute atomic E-state index is 0.0783. The molecule has 1 N–H and O–H groups in total. The normalized spacial score (nSPS) is 29.2. The molecular weight excluding hydrogens is 401 g/mol. The van der Waals surface area contributed by atoms with Crippen LogP contribution in [0.1, 0.15) is 61.7 Å². The van der Waals surface area contributed by atoms with Crippen LogP contribution < -0.4 is 0 Å². The van der Waals surface area contributed by atoms with Crippen LogP contribution in [0.15, 0.2) is 30.5 Å². The number of rotatable bonds is 4. The summed E-state index contributed by atoms with van der Waals surface area (Å²) in [5.74, 6) is -0.791. The van der Waals surface area contributed by atoms with Crippen LogP contribution in [0.4, 0.5) is 9.18 Å². The Morgan fingerprint density at radius 2 is 1.90 bits per heavy atom. The van der Waals surface area contributed by atoms with Crippen LogP contribution in [-0.4, -0.2) is 69.3 Å². The van der Waals surface area contributed by atoms with E-state index < -0.39 is 11.5 Å². The van der Waals surface area contributed by atoms with Crippen molar-refractivity contribution in [2.45, 2.75) is 69.1 Å². The maximum absolute atomic E-state index is 13.1. The average Bonchev–Trinajstić information content (AvgIpc) is 3.00. The number of piperazine rings is 1. The van der Waals surface area contributed by atoms with Crippen molar-refractivity contribution in [3.63, 3.8) is 0 Å². The topological polar surface area (TPSA) is 83.0 Å². The lowest BCUT2D eigenvalue weighted by Gasteiger charge is -2.40. The minimum atomic E-state index is -0.779. The molecule has 1 aliphatic carbocycles. The molecule has 0 spiro atoms. The number of carbonyl (C=O) groups is 2. The second kappa shape index (κ2) is 9.34. The van der Waals surface area contributed by atoms with Gasteiger partial charge in [0.25, 0.3) is 5.91 Å². The first-order chi connectivity index (χ1) is 15.0. The third kappa shape index (κ3) is 5.06. The van der Waals surface area contributed by atoms with Crippen molar-refractivity contribution in [2.75, 3.05) is 19.7 Å². The van der Waals surface area contributed by atoms with Gasteiger partial charge in [0.1, 0.15) is 0 Å². The third-order valence-corrected chi connectivity index (χ3v) is 6.70. The standard InChI is InChI=1S/C23H30FN3O4/c24-20-9-6-17(14-25-20)21(28)27-18-7-8-19(27)16-26(15-18)22(29)31-13-12-23(30)10-4-2-1-3-5-11-23/h1-2,6,9,14,18-19,30H,3-5,7-8,10-13,15-16H2/b2-1-/t18?,19?,23-/m0/s1. The van der Waals surface area contributed by atoms with Crippen LogP contribution in [-0.2, 0) is 4.74 Å². The lowest BCUT2D eigenvalue weighted by Crippen LogP contribution is -2.57. The minimum Gasteiger partial charge on any atom is -0.449 e. The fourth-order valence-electron chi connectivity index (χ4n) is 4.97. The highest BCUT2D eigenvalue weighted by Crippen LogP contribution is 2.32. The number of aromatic nitrogens is 1. The molecule has 0 radical (unpaired) electrons. The van der Waals surface area contributed by atoms with Gasteiger partial charge < -0.3 is 19.6 Å². The summed E-state index contributed by atoms with van der Waals surface area (Å²) in [5, 5.41) is 10.8. The molecule has 1 aromatic heterocycles. The lowest BCUT2D eigenvalue weighted by molar-refractivity contribution is -0.0111. The predicted molar refractivity (Wildman–Crippen MR) is 112 cm³/mol. The van der Waals surface area contributed by atoms with Crippen LogP contribution >= 0.6 is 0 Å². The van der Waals surface area contributed by atoms with Gasteiger partial charge in [-0.05, 0) is 57.1 Å². The zero-order valence-electron chi connectivity index (χ0n) is 17.7. The van der Waals surface area contributed by atoms with Gasteiger partial charge in [0.05, 0.1) is 29.9 Å². The van der Waals surface area contributed by atoms with Gasteiger partial charge in [-0.2, -0.15) is 4.39 Å². The summed E-state index contributed by atoms with van der Waals surface area (Å²) >= 11 is 0. The molecule has 1 aromatic rings. The molecule has 3 aliphatic rings. The molecule has 0 saturated carbocycles. The Labute approximate surface area is 181 Å². The number of nitrogens with zero attached hydrogens (tertiary/aromatic N) is 3. The quantitative estimate of drug-likeness (QED) is 0.584. The number of allylic oxidation sites excluding steroid dienone is 2. The van der Waals surface area contributed by atoms with Crippen molar-refractivity contribution in [1.82, 2.24) is 14.8 Å². The molecule has 31 heavy (non-hydrogen) atoms. The van der Waals surface area contributed by atoms with E-state index in [1.807, 2.05) is 4.90 Å². The molecule has 2 amide bonds. The first-order valence-corrected chi connectivity index (χ1v) is 11.2. The SMILES string of the molecule is O=C(OCC[C@]1(O)CC/C=C\CCC1)N1CC2CCC(C1)N2C(=O)c1ccc(F)nc1. The number of likely N-dealkylation sites (tertiary alicyclic amines) is 1. The lowest BCUT2D eigenvalue weighted by atomic mass is 9.87. The van der Waals surface area contributed by atoms with Gasteiger partial charge in [0.2, 0.25) is 5.95 Å². The molecule has 2 saturated heterocycles. The highest BCUT2D eigenvalue weighted by molar-refractivity contribution is 5.94. The number of hydrogen-bond acceptors (Lipinski definition) is 5. The van der Waals surface area contributed by atoms with E-state index in [1.54, 1.807) is 4.90 Å². The van der Waals surface area contributed by atoms with Gasteiger partial charge in [-0.15, -0.1) is 0 Å². The summed E-state index contributed by atoms with van der Waals surface area (Å²) in [6.45, 7) is 1.03. The van der Waals surface area contributed by atoms with Gasteiger partial charge >= 0.3 is 6.09 Å². The number of ether oxygens (including phenoxy) is 1. The van der Waals surface area contributed by atoms with Crippen molar-refractivity contribution in [2.24, 2.45) is 0 Å². The molecule has 8 heteroatoms. The van der Waals surface area contributed by atoms with Crippen molar-refractivity contribution in [1.29, 1.82) is 0 Å². The van der Waals surface area contributed by atoms with Gasteiger partial charge in [-0.1, -0.05) is 12.2 Å². The average molecular weight is 432 g/mol. The van der Waals surface area contributed by atoms with E-state index >= 15 is 0 Å². The van der Waals surface area contributed by atoms with Crippen LogP contribution in [0.25, 0.3) is 0 Å². The highest BCUT2D eigenvalue weighted by atomic mass is 19.1. The molecule has 7 nitrogen and oxygen atoms in total. The Hall–Kier alpha value is -2.48. The van der Waals surface area contributed by atoms with Gasteiger partial charge in [0, 0.05) is 25.7 Å². The smallest absolute Gasteiger partial charge is 0.409 e. The maximum atomic E-state index is 13.1. The van der Waals surface area contributed by atoms with Crippen LogP contribution in [0.3, 0.4) is 0 Å². The fraction of sp³-hybridized carbons (Fsp3) is 0.609. The number of pyridine rings is 1. The molecule has 0 aromatic carbocycles. The Morgan fingerprint density at radius 1 is 1.16 bits per heavy atom. The summed E-state index contributed by atoms with van der Waals surface area (Å²) in [7, 11) is 0. The second-order valence-electron chi connectivity index (χ2n) is 8.86. The Kier molecular flexibility index (Phi) is 6.55. The van der Waals surface area contributed by atoms with E-state index in [2.05, 4.69) is 17.1 Å². The van der Waals surface area contributed by atoms with Gasteiger partial charge in [-0.3, -0.25) is 4.79 Å². The third-order valence-electron chi connectivity index (χ3n) is 6.70. The number of aliphatic hydroxyl groups is 1. The summed E-state index contributed by atoms with van der Waals surface area (Å²) < 4.78 is 18.6. The Morgan fingerprint density at radius 3 is 2.61 bits per heavy atom. The van der Waals surface area contributed by atoms with E-state index in [-0.39, 0.29) is 30.7 Å². The number of fused-ring (bicyclic) bond motifs is 2. The summed E-state index contributed by atoms with van der Waals surface area (Å²) in [4.78, 5) is 32.6. The second-order valence-corrected chi connectivity index (χ2v) is 8.86. The van der Waals surface area contributed by atoms with Crippen molar-refractivity contribution in [3.8, 4) is 0 Å². The number of amides is 2. The molecule has 3 heterocycles. The summed E-state index contributed by atoms with van der Waals surface area (Å²) in [6.07, 6.45) is 11.4. The maximum Gasteiger partial charge on any atom is 0.409 e. The molecule has 2 unspecified atom stereocenters. The molecule has 4 rings (SSSR count). The molecular formula is C23H30FN3O4. The van der Waals surface area contributed by atoms with Gasteiger partial charge in [0.15, 0.2) is 0 Å². The zero-order valence-corrected chi connectivity index (χ0v) is 17.7. The molecule has 2 aliphatic heterocycles. The fourth-order valence-corrected chi connectivity index (χ4v) is 4.97. The number of halogens is 1. The largest absolute Gasteiger partial charge is 0.449 e. The monoisotopic (exact) mass is 431 g/mol. The zero-order chi connectivity index (χ0) is 21.8. The van der Waals surface area contributed by atoms with Crippen LogP contribution in [0.2, 0.25) is 0 Å². The molecule has 168 valence electrons. The van der Waals surface area contributed by atoms with E-state index in [4.69, 9.17) is 4.74 Å². The molecule has 3 atom stereocenters. The van der Waals surface area contributed by atoms with Gasteiger partial charge in [-0.25, -0.2) is 9.78 Å². The molecule has 2 bridgehead atoms. The first-order valence-electron chi connectivity index (χ1n) is 11.2. The van der Waals surface area contributed by atoms with Crippen molar-refractivity contribution >= 4 is 12.0 Å². The Balaban J connectivity index is 1.29. The highest BCUT2D eigenvalue weighted by Gasteiger charge is 2.44. The van der Waals surface area contributed by atoms with Crippen molar-refractivity contribution < 1.29 is 23.8 Å².